The average molecular weight is 315 g/mol. The monoisotopic (exact) mass is 315 g/mol. The van der Waals surface area contributed by atoms with Crippen molar-refractivity contribution in [2.24, 2.45) is 0 Å². The minimum Gasteiger partial charge on any atom is -0.349 e. The second kappa shape index (κ2) is 6.32. The lowest BCUT2D eigenvalue weighted by molar-refractivity contribution is -0.139. The van der Waals surface area contributed by atoms with E-state index in [1.807, 2.05) is 19.0 Å². The van der Waals surface area contributed by atoms with Crippen molar-refractivity contribution in [2.45, 2.75) is 31.8 Å². The largest absolute Gasteiger partial charge is 0.349 e. The van der Waals surface area contributed by atoms with Gasteiger partial charge in [0.1, 0.15) is 0 Å². The van der Waals surface area contributed by atoms with Gasteiger partial charge in [0.2, 0.25) is 11.8 Å². The summed E-state index contributed by atoms with van der Waals surface area (Å²) in [7, 11) is 3.62. The number of carbonyl (C=O) groups is 2. The fourth-order valence-electron chi connectivity index (χ4n) is 3.61. The van der Waals surface area contributed by atoms with Gasteiger partial charge in [0.25, 0.3) is 0 Å². The molecule has 0 bridgehead atoms. The molecule has 0 spiro atoms. The molecule has 0 aromatic heterocycles. The zero-order chi connectivity index (χ0) is 16.6. The van der Waals surface area contributed by atoms with Crippen LogP contribution in [0.4, 0.5) is 0 Å². The standard InChI is InChI=1S/C18H25N3O2/c1-13(22)20-11-15(12-20)21-9-8-14-6-4-5-7-16(14)17(21)10-18(23)19(2)3/h4-7,15,17H,8-12H2,1-3H3. The topological polar surface area (TPSA) is 43.9 Å². The molecule has 2 heterocycles. The fraction of sp³-hybridized carbons (Fsp3) is 0.556. The summed E-state index contributed by atoms with van der Waals surface area (Å²) in [6, 6.07) is 8.93. The molecule has 0 aliphatic carbocycles. The van der Waals surface area contributed by atoms with Gasteiger partial charge in [-0.2, -0.15) is 0 Å². The molecule has 5 nitrogen and oxygen atoms in total. The molecule has 23 heavy (non-hydrogen) atoms. The maximum Gasteiger partial charge on any atom is 0.223 e. The molecular weight excluding hydrogens is 290 g/mol. The van der Waals surface area contributed by atoms with E-state index in [0.717, 1.165) is 26.1 Å². The zero-order valence-electron chi connectivity index (χ0n) is 14.2. The van der Waals surface area contributed by atoms with Crippen molar-refractivity contribution in [2.75, 3.05) is 33.7 Å². The normalized spacial score (nSPS) is 21.5. The third-order valence-corrected chi connectivity index (χ3v) is 5.10. The van der Waals surface area contributed by atoms with Crippen molar-refractivity contribution in [1.29, 1.82) is 0 Å². The molecule has 1 saturated heterocycles. The van der Waals surface area contributed by atoms with Crippen LogP contribution in [-0.4, -0.2) is 66.3 Å². The van der Waals surface area contributed by atoms with Gasteiger partial charge in [0.15, 0.2) is 0 Å². The van der Waals surface area contributed by atoms with Crippen molar-refractivity contribution in [1.82, 2.24) is 14.7 Å². The van der Waals surface area contributed by atoms with Crippen molar-refractivity contribution in [3.05, 3.63) is 35.4 Å². The number of nitrogens with zero attached hydrogens (tertiary/aromatic N) is 3. The van der Waals surface area contributed by atoms with Crippen LogP contribution < -0.4 is 0 Å². The number of carbonyl (C=O) groups excluding carboxylic acids is 2. The summed E-state index contributed by atoms with van der Waals surface area (Å²) >= 11 is 0. The molecular formula is C18H25N3O2. The summed E-state index contributed by atoms with van der Waals surface area (Å²) in [4.78, 5) is 29.7. The van der Waals surface area contributed by atoms with Crippen LogP contribution in [0.5, 0.6) is 0 Å². The Morgan fingerprint density at radius 2 is 1.91 bits per heavy atom. The van der Waals surface area contributed by atoms with E-state index < -0.39 is 0 Å². The average Bonchev–Trinajstić information content (AvgIpc) is 2.47. The van der Waals surface area contributed by atoms with Crippen LogP contribution in [-0.2, 0) is 16.0 Å². The molecule has 1 aromatic carbocycles. The summed E-state index contributed by atoms with van der Waals surface area (Å²) in [5.74, 6) is 0.291. The third kappa shape index (κ3) is 3.11. The Labute approximate surface area is 137 Å². The molecule has 5 heteroatoms. The highest BCUT2D eigenvalue weighted by atomic mass is 16.2. The zero-order valence-corrected chi connectivity index (χ0v) is 14.2. The molecule has 1 aromatic rings. The van der Waals surface area contributed by atoms with Gasteiger partial charge in [0, 0.05) is 59.2 Å². The quantitative estimate of drug-likeness (QED) is 0.844. The van der Waals surface area contributed by atoms with E-state index in [9.17, 15) is 9.59 Å². The number of likely N-dealkylation sites (tertiary alicyclic amines) is 1. The summed E-state index contributed by atoms with van der Waals surface area (Å²) in [5, 5.41) is 0. The molecule has 1 atom stereocenters. The van der Waals surface area contributed by atoms with E-state index in [4.69, 9.17) is 0 Å². The molecule has 2 aliphatic rings. The van der Waals surface area contributed by atoms with E-state index in [2.05, 4.69) is 29.2 Å². The Hall–Kier alpha value is -1.88. The van der Waals surface area contributed by atoms with Gasteiger partial charge >= 0.3 is 0 Å². The van der Waals surface area contributed by atoms with Crippen molar-refractivity contribution < 1.29 is 9.59 Å². The summed E-state index contributed by atoms with van der Waals surface area (Å²) in [6.45, 7) is 4.14. The predicted octanol–water partition coefficient (Wildman–Crippen LogP) is 1.29. The van der Waals surface area contributed by atoms with Crippen LogP contribution in [0.3, 0.4) is 0 Å². The van der Waals surface area contributed by atoms with Crippen molar-refractivity contribution in [3.63, 3.8) is 0 Å². The van der Waals surface area contributed by atoms with Crippen molar-refractivity contribution in [3.8, 4) is 0 Å². The van der Waals surface area contributed by atoms with Crippen LogP contribution in [0.1, 0.15) is 30.5 Å². The molecule has 3 rings (SSSR count). The SMILES string of the molecule is CC(=O)N1CC(N2CCc3ccccc3C2CC(=O)N(C)C)C1. The van der Waals surface area contributed by atoms with Gasteiger partial charge in [-0.15, -0.1) is 0 Å². The molecule has 1 fully saturated rings. The predicted molar refractivity (Wildman–Crippen MR) is 88.9 cm³/mol. The van der Waals surface area contributed by atoms with E-state index in [0.29, 0.717) is 12.5 Å². The lowest BCUT2D eigenvalue weighted by atomic mass is 9.88. The summed E-state index contributed by atoms with van der Waals surface area (Å²) in [6.07, 6.45) is 1.51. The van der Waals surface area contributed by atoms with E-state index in [-0.39, 0.29) is 17.9 Å². The summed E-state index contributed by atoms with van der Waals surface area (Å²) < 4.78 is 0. The van der Waals surface area contributed by atoms with E-state index in [1.165, 1.54) is 11.1 Å². The van der Waals surface area contributed by atoms with Crippen LogP contribution in [0.2, 0.25) is 0 Å². The Kier molecular flexibility index (Phi) is 4.39. The molecule has 0 saturated carbocycles. The number of fused-ring (bicyclic) bond motifs is 1. The number of rotatable bonds is 3. The van der Waals surface area contributed by atoms with Crippen LogP contribution in [0.15, 0.2) is 24.3 Å². The molecule has 1 unspecified atom stereocenters. The highest BCUT2D eigenvalue weighted by molar-refractivity contribution is 5.76. The van der Waals surface area contributed by atoms with Crippen molar-refractivity contribution >= 4 is 11.8 Å². The van der Waals surface area contributed by atoms with Crippen LogP contribution >= 0.6 is 0 Å². The maximum atomic E-state index is 12.3. The van der Waals surface area contributed by atoms with Gasteiger partial charge in [-0.25, -0.2) is 0 Å². The fourth-order valence-corrected chi connectivity index (χ4v) is 3.61. The van der Waals surface area contributed by atoms with Crippen LogP contribution in [0, 0.1) is 0 Å². The Bertz CT molecular complexity index is 608. The molecule has 2 amide bonds. The first-order valence-corrected chi connectivity index (χ1v) is 8.26. The highest BCUT2D eigenvalue weighted by Gasteiger charge is 2.40. The Morgan fingerprint density at radius 1 is 1.22 bits per heavy atom. The number of amides is 2. The second-order valence-corrected chi connectivity index (χ2v) is 6.77. The first kappa shape index (κ1) is 16.0. The first-order chi connectivity index (χ1) is 11.0. The van der Waals surface area contributed by atoms with Crippen LogP contribution in [0.25, 0.3) is 0 Å². The van der Waals surface area contributed by atoms with Gasteiger partial charge in [-0.3, -0.25) is 14.5 Å². The highest BCUT2D eigenvalue weighted by Crippen LogP contribution is 2.36. The Morgan fingerprint density at radius 3 is 2.57 bits per heavy atom. The smallest absolute Gasteiger partial charge is 0.223 e. The minimum absolute atomic E-state index is 0.119. The lowest BCUT2D eigenvalue weighted by Crippen LogP contribution is -2.62. The second-order valence-electron chi connectivity index (χ2n) is 6.77. The Balaban J connectivity index is 1.81. The first-order valence-electron chi connectivity index (χ1n) is 8.26. The van der Waals surface area contributed by atoms with Gasteiger partial charge in [-0.05, 0) is 17.5 Å². The molecule has 0 N–H and O–H groups in total. The van der Waals surface area contributed by atoms with Gasteiger partial charge < -0.3 is 9.80 Å². The number of benzene rings is 1. The number of hydrogen-bond donors (Lipinski definition) is 0. The molecule has 124 valence electrons. The lowest BCUT2D eigenvalue weighted by Gasteiger charge is -2.50. The van der Waals surface area contributed by atoms with Gasteiger partial charge in [0.05, 0.1) is 0 Å². The van der Waals surface area contributed by atoms with E-state index in [1.54, 1.807) is 11.8 Å². The van der Waals surface area contributed by atoms with Gasteiger partial charge in [-0.1, -0.05) is 24.3 Å². The third-order valence-electron chi connectivity index (χ3n) is 5.10. The summed E-state index contributed by atoms with van der Waals surface area (Å²) in [5.41, 5.74) is 2.62. The minimum atomic E-state index is 0.119. The van der Waals surface area contributed by atoms with E-state index >= 15 is 0 Å². The number of hydrogen-bond acceptors (Lipinski definition) is 3. The maximum absolute atomic E-state index is 12.3. The molecule has 0 radical (unpaired) electrons. The molecule has 2 aliphatic heterocycles.